The average Bonchev–Trinajstić information content (AvgIpc) is 2.57. The highest BCUT2D eigenvalue weighted by Crippen LogP contribution is 2.31. The first-order chi connectivity index (χ1) is 12.1. The van der Waals surface area contributed by atoms with E-state index in [4.69, 9.17) is 0 Å². The zero-order valence-corrected chi connectivity index (χ0v) is 14.5. The van der Waals surface area contributed by atoms with Crippen LogP contribution in [0.2, 0.25) is 0 Å². The van der Waals surface area contributed by atoms with Gasteiger partial charge in [-0.05, 0) is 54.4 Å². The number of anilines is 2. The van der Waals surface area contributed by atoms with Crippen LogP contribution in [-0.2, 0) is 27.4 Å². The van der Waals surface area contributed by atoms with Gasteiger partial charge in [-0.1, -0.05) is 0 Å². The molecule has 0 aliphatic carbocycles. The Bertz CT molecular complexity index is 954. The zero-order valence-electron chi connectivity index (χ0n) is 13.7. The number of nitrogens with one attached hydrogen (secondary N) is 1. The van der Waals surface area contributed by atoms with Crippen molar-refractivity contribution in [1.29, 1.82) is 0 Å². The second-order valence-electron chi connectivity index (χ2n) is 5.92. The Morgan fingerprint density at radius 3 is 2.31 bits per heavy atom. The van der Waals surface area contributed by atoms with Crippen molar-refractivity contribution in [1.82, 2.24) is 0 Å². The molecule has 138 valence electrons. The minimum absolute atomic E-state index is 0.0149. The molecule has 3 rings (SSSR count). The van der Waals surface area contributed by atoms with Crippen LogP contribution < -0.4 is 9.62 Å². The van der Waals surface area contributed by atoms with E-state index in [1.807, 2.05) is 0 Å². The lowest BCUT2D eigenvalue weighted by molar-refractivity contribution is -0.137. The molecular weight excluding hydrogens is 369 g/mol. The molecule has 5 nitrogen and oxygen atoms in total. The number of rotatable bonds is 3. The minimum Gasteiger partial charge on any atom is -0.315 e. The van der Waals surface area contributed by atoms with Crippen LogP contribution in [0.5, 0.6) is 0 Å². The van der Waals surface area contributed by atoms with Crippen molar-refractivity contribution in [2.45, 2.75) is 23.9 Å². The first-order valence-corrected chi connectivity index (χ1v) is 9.16. The van der Waals surface area contributed by atoms with E-state index in [-0.39, 0.29) is 16.5 Å². The van der Waals surface area contributed by atoms with Crippen LogP contribution in [0.4, 0.5) is 24.5 Å². The van der Waals surface area contributed by atoms with Crippen molar-refractivity contribution >= 4 is 27.3 Å². The summed E-state index contributed by atoms with van der Waals surface area (Å²) in [6.07, 6.45) is -3.76. The standard InChI is InChI=1S/C17H15F3N2O3S/c1-22-15-8-7-14(10-11(15)2-9-16(22)23)26(24,25)21-13-5-3-12(4-6-13)17(18,19)20/h3-8,10,21H,2,9H2,1H3. The quantitative estimate of drug-likeness (QED) is 0.882. The van der Waals surface area contributed by atoms with Crippen molar-refractivity contribution in [3.63, 3.8) is 0 Å². The van der Waals surface area contributed by atoms with Crippen LogP contribution in [0.1, 0.15) is 17.5 Å². The number of hydrogen-bond acceptors (Lipinski definition) is 3. The number of hydrogen-bond donors (Lipinski definition) is 1. The fraction of sp³-hybridized carbons (Fsp3) is 0.235. The lowest BCUT2D eigenvalue weighted by Gasteiger charge is -2.26. The molecule has 1 N–H and O–H groups in total. The summed E-state index contributed by atoms with van der Waals surface area (Å²) in [5, 5.41) is 0. The third-order valence-electron chi connectivity index (χ3n) is 4.17. The van der Waals surface area contributed by atoms with Crippen molar-refractivity contribution < 1.29 is 26.4 Å². The first kappa shape index (κ1) is 18.2. The molecule has 2 aromatic rings. The van der Waals surface area contributed by atoms with Gasteiger partial charge in [0.1, 0.15) is 0 Å². The van der Waals surface area contributed by atoms with Gasteiger partial charge in [0.2, 0.25) is 5.91 Å². The summed E-state index contributed by atoms with van der Waals surface area (Å²) >= 11 is 0. The Labute approximate surface area is 148 Å². The maximum absolute atomic E-state index is 12.6. The van der Waals surface area contributed by atoms with Gasteiger partial charge in [0.15, 0.2) is 0 Å². The molecule has 1 aliphatic rings. The van der Waals surface area contributed by atoms with Gasteiger partial charge < -0.3 is 4.90 Å². The van der Waals surface area contributed by atoms with Crippen LogP contribution in [0.15, 0.2) is 47.4 Å². The fourth-order valence-corrected chi connectivity index (χ4v) is 3.85. The number of halogens is 3. The van der Waals surface area contributed by atoms with Crippen LogP contribution in [0, 0.1) is 0 Å². The fourth-order valence-electron chi connectivity index (χ4n) is 2.74. The van der Waals surface area contributed by atoms with Crippen molar-refractivity contribution in [3.8, 4) is 0 Å². The third kappa shape index (κ3) is 3.52. The van der Waals surface area contributed by atoms with Crippen molar-refractivity contribution in [2.75, 3.05) is 16.7 Å². The molecule has 1 heterocycles. The minimum atomic E-state index is -4.49. The largest absolute Gasteiger partial charge is 0.416 e. The van der Waals surface area contributed by atoms with Crippen LogP contribution >= 0.6 is 0 Å². The van der Waals surface area contributed by atoms with E-state index in [1.165, 1.54) is 17.0 Å². The maximum atomic E-state index is 12.6. The van der Waals surface area contributed by atoms with Gasteiger partial charge in [-0.2, -0.15) is 13.2 Å². The number of carbonyl (C=O) groups is 1. The van der Waals surface area contributed by atoms with Crippen molar-refractivity contribution in [2.24, 2.45) is 0 Å². The van der Waals surface area contributed by atoms with E-state index in [1.54, 1.807) is 13.1 Å². The summed E-state index contributed by atoms with van der Waals surface area (Å²) in [4.78, 5) is 13.1. The van der Waals surface area contributed by atoms with Gasteiger partial charge in [-0.3, -0.25) is 9.52 Å². The van der Waals surface area contributed by atoms with Gasteiger partial charge in [-0.25, -0.2) is 8.42 Å². The third-order valence-corrected chi connectivity index (χ3v) is 5.55. The van der Waals surface area contributed by atoms with Crippen LogP contribution in [0.3, 0.4) is 0 Å². The predicted molar refractivity (Wildman–Crippen MR) is 90.4 cm³/mol. The lowest BCUT2D eigenvalue weighted by Crippen LogP contribution is -2.31. The summed E-state index contributed by atoms with van der Waals surface area (Å²) in [7, 11) is -2.34. The molecule has 26 heavy (non-hydrogen) atoms. The monoisotopic (exact) mass is 384 g/mol. The average molecular weight is 384 g/mol. The number of nitrogens with zero attached hydrogens (tertiary/aromatic N) is 1. The lowest BCUT2D eigenvalue weighted by atomic mass is 10.0. The Kier molecular flexibility index (Phi) is 4.43. The molecule has 0 aromatic heterocycles. The number of carbonyl (C=O) groups excluding carboxylic acids is 1. The Hall–Kier alpha value is -2.55. The zero-order chi connectivity index (χ0) is 19.1. The molecule has 0 saturated heterocycles. The van der Waals surface area contributed by atoms with Gasteiger partial charge in [0, 0.05) is 24.8 Å². The normalized spacial score (nSPS) is 14.9. The van der Waals surface area contributed by atoms with E-state index in [0.29, 0.717) is 18.5 Å². The number of fused-ring (bicyclic) bond motifs is 1. The van der Waals surface area contributed by atoms with Gasteiger partial charge in [0.25, 0.3) is 10.0 Å². The Morgan fingerprint density at radius 2 is 1.69 bits per heavy atom. The Balaban J connectivity index is 1.86. The molecule has 0 spiro atoms. The highest BCUT2D eigenvalue weighted by molar-refractivity contribution is 7.92. The van der Waals surface area contributed by atoms with Gasteiger partial charge in [0.05, 0.1) is 10.5 Å². The van der Waals surface area contributed by atoms with Crippen LogP contribution in [-0.4, -0.2) is 21.4 Å². The summed E-state index contributed by atoms with van der Waals surface area (Å²) in [6, 6.07) is 8.13. The van der Waals surface area contributed by atoms with Gasteiger partial charge >= 0.3 is 6.18 Å². The van der Waals surface area contributed by atoms with Crippen molar-refractivity contribution in [3.05, 3.63) is 53.6 Å². The van der Waals surface area contributed by atoms with E-state index in [0.717, 1.165) is 29.8 Å². The number of sulfonamides is 1. The molecule has 0 saturated carbocycles. The topological polar surface area (TPSA) is 66.5 Å². The second kappa shape index (κ2) is 6.31. The molecule has 0 unspecified atom stereocenters. The number of alkyl halides is 3. The summed E-state index contributed by atoms with van der Waals surface area (Å²) < 4.78 is 65.0. The smallest absolute Gasteiger partial charge is 0.315 e. The number of aryl methyl sites for hydroxylation is 1. The summed E-state index contributed by atoms with van der Waals surface area (Å²) in [5.41, 5.74) is 0.544. The summed E-state index contributed by atoms with van der Waals surface area (Å²) in [5.74, 6) is -0.0454. The van der Waals surface area contributed by atoms with E-state index in [9.17, 15) is 26.4 Å². The summed E-state index contributed by atoms with van der Waals surface area (Å²) in [6.45, 7) is 0. The molecule has 9 heteroatoms. The van der Waals surface area contributed by atoms with Gasteiger partial charge in [-0.15, -0.1) is 0 Å². The highest BCUT2D eigenvalue weighted by atomic mass is 32.2. The molecule has 0 atom stereocenters. The molecule has 1 amide bonds. The van der Waals surface area contributed by atoms with E-state index < -0.39 is 21.8 Å². The van der Waals surface area contributed by atoms with E-state index >= 15 is 0 Å². The molecule has 0 radical (unpaired) electrons. The van der Waals surface area contributed by atoms with Crippen LogP contribution in [0.25, 0.3) is 0 Å². The maximum Gasteiger partial charge on any atom is 0.416 e. The predicted octanol–water partition coefficient (Wildman–Crippen LogP) is 3.42. The molecule has 2 aromatic carbocycles. The van der Waals surface area contributed by atoms with E-state index in [2.05, 4.69) is 4.72 Å². The SMILES string of the molecule is CN1C(=O)CCc2cc(S(=O)(=O)Nc3ccc(C(F)(F)F)cc3)ccc21. The molecular formula is C17H15F3N2O3S. The molecule has 0 fully saturated rings. The number of amides is 1. The highest BCUT2D eigenvalue weighted by Gasteiger charge is 2.30. The second-order valence-corrected chi connectivity index (χ2v) is 7.61. The Morgan fingerprint density at radius 1 is 1.04 bits per heavy atom. The first-order valence-electron chi connectivity index (χ1n) is 7.67. The molecule has 1 aliphatic heterocycles. The number of benzene rings is 2. The molecule has 0 bridgehead atoms.